The Hall–Kier alpha value is -2.70. The number of rotatable bonds is 3. The quantitative estimate of drug-likeness (QED) is 0.542. The molecule has 27 heavy (non-hydrogen) atoms. The van der Waals surface area contributed by atoms with Crippen molar-refractivity contribution in [3.8, 4) is 11.5 Å². The lowest BCUT2D eigenvalue weighted by molar-refractivity contribution is -0.137. The Labute approximate surface area is 153 Å². The van der Waals surface area contributed by atoms with Crippen molar-refractivity contribution in [2.24, 2.45) is 5.41 Å². The highest BCUT2D eigenvalue weighted by Crippen LogP contribution is 2.69. The Morgan fingerprint density at radius 2 is 1.67 bits per heavy atom. The molecule has 1 aromatic heterocycles. The fourth-order valence-electron chi connectivity index (χ4n) is 3.79. The third-order valence-electron chi connectivity index (χ3n) is 5.21. The fraction of sp³-hybridized carbons (Fsp3) is 0.300. The minimum atomic E-state index is -4.65. The second kappa shape index (κ2) is 5.90. The topological polar surface area (TPSA) is 38.9 Å². The molecule has 1 saturated carbocycles. The van der Waals surface area contributed by atoms with E-state index in [0.717, 1.165) is 17.7 Å². The van der Waals surface area contributed by atoms with Gasteiger partial charge in [-0.05, 0) is 29.2 Å². The Bertz CT molecular complexity index is 979. The average molecular weight is 376 g/mol. The van der Waals surface area contributed by atoms with E-state index in [2.05, 4.69) is 10.2 Å². The van der Waals surface area contributed by atoms with Crippen molar-refractivity contribution >= 4 is 0 Å². The van der Waals surface area contributed by atoms with Gasteiger partial charge in [0.15, 0.2) is 0 Å². The number of hydrogen-bond acceptors (Lipinski definition) is 3. The van der Waals surface area contributed by atoms with Gasteiger partial charge in [-0.3, -0.25) is 0 Å². The third-order valence-corrected chi connectivity index (χ3v) is 5.21. The molecule has 1 aliphatic rings. The first-order chi connectivity index (χ1) is 12.7. The highest BCUT2D eigenvalue weighted by Gasteiger charge is 2.61. The average Bonchev–Trinajstić information content (AvgIpc) is 2.94. The minimum Gasteiger partial charge on any atom is -0.420 e. The Morgan fingerprint density at radius 1 is 0.963 bits per heavy atom. The molecular weight excluding hydrogens is 360 g/mol. The number of halogens is 4. The summed E-state index contributed by atoms with van der Waals surface area (Å²) in [6.45, 7) is 4.09. The van der Waals surface area contributed by atoms with Crippen LogP contribution in [-0.2, 0) is 6.18 Å². The summed E-state index contributed by atoms with van der Waals surface area (Å²) in [5.74, 6) is -0.843. The molecule has 7 heteroatoms. The predicted molar refractivity (Wildman–Crippen MR) is 90.4 cm³/mol. The van der Waals surface area contributed by atoms with Crippen LogP contribution < -0.4 is 0 Å². The molecule has 3 aromatic rings. The van der Waals surface area contributed by atoms with Gasteiger partial charge in [-0.25, -0.2) is 4.39 Å². The van der Waals surface area contributed by atoms with Crippen molar-refractivity contribution in [2.45, 2.75) is 31.9 Å². The Kier molecular flexibility index (Phi) is 3.87. The zero-order valence-corrected chi connectivity index (χ0v) is 14.6. The van der Waals surface area contributed by atoms with E-state index in [1.54, 1.807) is 0 Å². The van der Waals surface area contributed by atoms with E-state index >= 15 is 0 Å². The molecule has 0 aliphatic heterocycles. The molecule has 1 heterocycles. The van der Waals surface area contributed by atoms with Crippen LogP contribution in [0.15, 0.2) is 52.9 Å². The van der Waals surface area contributed by atoms with Crippen molar-refractivity contribution < 1.29 is 22.0 Å². The molecular formula is C20H16F4N2O. The minimum absolute atomic E-state index is 0.107. The highest BCUT2D eigenvalue weighted by atomic mass is 19.4. The number of alkyl halides is 3. The lowest BCUT2D eigenvalue weighted by atomic mass is 10.0. The molecule has 0 unspecified atom stereocenters. The fourth-order valence-corrected chi connectivity index (χ4v) is 3.79. The van der Waals surface area contributed by atoms with E-state index in [1.165, 1.54) is 0 Å². The summed E-state index contributed by atoms with van der Waals surface area (Å²) in [5, 5.41) is 7.75. The first kappa shape index (κ1) is 17.7. The highest BCUT2D eigenvalue weighted by molar-refractivity contribution is 5.59. The third kappa shape index (κ3) is 3.01. The van der Waals surface area contributed by atoms with Crippen LogP contribution in [0.2, 0.25) is 0 Å². The molecule has 0 bridgehead atoms. The molecule has 3 nitrogen and oxygen atoms in total. The SMILES string of the molecule is CC1(C)[C@H](c2ccccc2)[C@H]1c1nnc(-c2cc(F)ccc2C(F)(F)F)o1. The van der Waals surface area contributed by atoms with Gasteiger partial charge in [0.05, 0.1) is 17.0 Å². The lowest BCUT2D eigenvalue weighted by Crippen LogP contribution is -2.07. The number of hydrogen-bond donors (Lipinski definition) is 0. The maximum Gasteiger partial charge on any atom is 0.417 e. The molecule has 1 fully saturated rings. The van der Waals surface area contributed by atoms with Gasteiger partial charge >= 0.3 is 6.18 Å². The van der Waals surface area contributed by atoms with Crippen molar-refractivity contribution in [1.82, 2.24) is 10.2 Å². The standard InChI is InChI=1S/C20H16F4N2O/c1-19(2)15(11-6-4-3-5-7-11)16(19)18-26-25-17(27-18)13-10-12(21)8-9-14(13)20(22,23)24/h3-10,15-16H,1-2H3/t15-,16+/m1/s1. The molecule has 2 aromatic carbocycles. The maximum atomic E-state index is 13.5. The van der Waals surface area contributed by atoms with Crippen molar-refractivity contribution in [2.75, 3.05) is 0 Å². The Balaban J connectivity index is 1.71. The molecule has 2 atom stereocenters. The summed E-state index contributed by atoms with van der Waals surface area (Å²) in [5.41, 5.74) is -0.515. The lowest BCUT2D eigenvalue weighted by Gasteiger charge is -2.10. The van der Waals surface area contributed by atoms with Gasteiger partial charge in [0, 0.05) is 5.92 Å². The predicted octanol–water partition coefficient (Wildman–Crippen LogP) is 5.80. The van der Waals surface area contributed by atoms with Gasteiger partial charge < -0.3 is 4.42 Å². The normalized spacial score (nSPS) is 21.3. The van der Waals surface area contributed by atoms with Crippen LogP contribution in [0.25, 0.3) is 11.5 Å². The van der Waals surface area contributed by atoms with E-state index in [9.17, 15) is 17.6 Å². The van der Waals surface area contributed by atoms with Crippen LogP contribution >= 0.6 is 0 Å². The van der Waals surface area contributed by atoms with Gasteiger partial charge in [0.25, 0.3) is 0 Å². The van der Waals surface area contributed by atoms with Crippen LogP contribution in [0, 0.1) is 11.2 Å². The van der Waals surface area contributed by atoms with Crippen LogP contribution in [-0.4, -0.2) is 10.2 Å². The second-order valence-corrected chi connectivity index (χ2v) is 7.32. The zero-order chi connectivity index (χ0) is 19.4. The maximum absolute atomic E-state index is 13.5. The van der Waals surface area contributed by atoms with E-state index in [4.69, 9.17) is 4.42 Å². The van der Waals surface area contributed by atoms with Crippen LogP contribution in [0.5, 0.6) is 0 Å². The van der Waals surface area contributed by atoms with E-state index in [-0.39, 0.29) is 29.0 Å². The van der Waals surface area contributed by atoms with Crippen LogP contribution in [0.3, 0.4) is 0 Å². The van der Waals surface area contributed by atoms with Crippen molar-refractivity contribution in [3.05, 3.63) is 71.4 Å². The number of nitrogens with zero attached hydrogens (tertiary/aromatic N) is 2. The first-order valence-corrected chi connectivity index (χ1v) is 8.45. The molecule has 0 radical (unpaired) electrons. The number of aromatic nitrogens is 2. The molecule has 0 amide bonds. The summed E-state index contributed by atoms with van der Waals surface area (Å²) in [6.07, 6.45) is -4.65. The summed E-state index contributed by atoms with van der Waals surface area (Å²) < 4.78 is 58.8. The molecule has 0 saturated heterocycles. The summed E-state index contributed by atoms with van der Waals surface area (Å²) in [4.78, 5) is 0. The van der Waals surface area contributed by atoms with Gasteiger partial charge in [-0.1, -0.05) is 44.2 Å². The smallest absolute Gasteiger partial charge is 0.417 e. The Morgan fingerprint density at radius 3 is 2.33 bits per heavy atom. The van der Waals surface area contributed by atoms with Gasteiger partial charge in [0.2, 0.25) is 11.8 Å². The van der Waals surface area contributed by atoms with Crippen molar-refractivity contribution in [3.63, 3.8) is 0 Å². The first-order valence-electron chi connectivity index (χ1n) is 8.45. The van der Waals surface area contributed by atoms with E-state index < -0.39 is 23.1 Å². The molecule has 140 valence electrons. The van der Waals surface area contributed by atoms with Crippen LogP contribution in [0.1, 0.15) is 42.7 Å². The number of benzene rings is 2. The molecule has 1 aliphatic carbocycles. The second-order valence-electron chi connectivity index (χ2n) is 7.32. The van der Waals surface area contributed by atoms with Crippen molar-refractivity contribution in [1.29, 1.82) is 0 Å². The zero-order valence-electron chi connectivity index (χ0n) is 14.6. The van der Waals surface area contributed by atoms with E-state index in [0.29, 0.717) is 6.07 Å². The molecule has 0 spiro atoms. The van der Waals surface area contributed by atoms with Gasteiger partial charge in [-0.2, -0.15) is 13.2 Å². The van der Waals surface area contributed by atoms with Gasteiger partial charge in [0.1, 0.15) is 5.82 Å². The molecule has 0 N–H and O–H groups in total. The van der Waals surface area contributed by atoms with Gasteiger partial charge in [-0.15, -0.1) is 10.2 Å². The summed E-state index contributed by atoms with van der Waals surface area (Å²) >= 11 is 0. The molecule has 4 rings (SSSR count). The van der Waals surface area contributed by atoms with E-state index in [1.807, 2.05) is 44.2 Å². The summed E-state index contributed by atoms with van der Waals surface area (Å²) in [6, 6.07) is 12.0. The largest absolute Gasteiger partial charge is 0.420 e. The monoisotopic (exact) mass is 376 g/mol. The summed E-state index contributed by atoms with van der Waals surface area (Å²) in [7, 11) is 0. The van der Waals surface area contributed by atoms with Crippen LogP contribution in [0.4, 0.5) is 17.6 Å².